The molecule has 2 aromatic rings. The number of benzene rings is 2. The van der Waals surface area contributed by atoms with Gasteiger partial charge in [0, 0.05) is 17.8 Å². The van der Waals surface area contributed by atoms with Crippen molar-refractivity contribution in [2.45, 2.75) is 26.2 Å². The van der Waals surface area contributed by atoms with Crippen molar-refractivity contribution in [3.05, 3.63) is 69.8 Å². The zero-order valence-electron chi connectivity index (χ0n) is 15.2. The van der Waals surface area contributed by atoms with Gasteiger partial charge in [-0.15, -0.1) is 0 Å². The lowest BCUT2D eigenvalue weighted by molar-refractivity contribution is -0.384. The van der Waals surface area contributed by atoms with Gasteiger partial charge in [-0.25, -0.2) is 5.43 Å². The van der Waals surface area contributed by atoms with Crippen LogP contribution < -0.4 is 10.7 Å². The lowest BCUT2D eigenvalue weighted by Gasteiger charge is -2.18. The van der Waals surface area contributed by atoms with Crippen LogP contribution in [0.5, 0.6) is 0 Å². The number of nitrogens with zero attached hydrogens (tertiary/aromatic N) is 2. The van der Waals surface area contributed by atoms with E-state index in [0.29, 0.717) is 0 Å². The SMILES string of the molecule is CC(C)(C)c1ccc(/C=N\NC(=O)C(=O)Nc2ccc([N+](=O)[O-])cc2)cc1. The summed E-state index contributed by atoms with van der Waals surface area (Å²) >= 11 is 0. The molecule has 0 aromatic heterocycles. The highest BCUT2D eigenvalue weighted by atomic mass is 16.6. The number of anilines is 1. The molecule has 0 spiro atoms. The van der Waals surface area contributed by atoms with Crippen LogP contribution in [-0.4, -0.2) is 23.0 Å². The van der Waals surface area contributed by atoms with Gasteiger partial charge in [0.1, 0.15) is 0 Å². The van der Waals surface area contributed by atoms with Crippen molar-refractivity contribution in [3.8, 4) is 0 Å². The van der Waals surface area contributed by atoms with E-state index in [-0.39, 0.29) is 16.8 Å². The van der Waals surface area contributed by atoms with Crippen molar-refractivity contribution in [2.24, 2.45) is 5.10 Å². The monoisotopic (exact) mass is 368 g/mol. The number of amides is 2. The summed E-state index contributed by atoms with van der Waals surface area (Å²) in [6.07, 6.45) is 1.43. The average Bonchev–Trinajstić information content (AvgIpc) is 2.61. The van der Waals surface area contributed by atoms with Crippen LogP contribution >= 0.6 is 0 Å². The van der Waals surface area contributed by atoms with Crippen molar-refractivity contribution in [2.75, 3.05) is 5.32 Å². The molecule has 0 fully saturated rings. The van der Waals surface area contributed by atoms with Gasteiger partial charge in [0.25, 0.3) is 5.69 Å². The molecular formula is C19H20N4O4. The molecule has 8 heteroatoms. The second kappa shape index (κ2) is 8.22. The minimum atomic E-state index is -0.948. The van der Waals surface area contributed by atoms with Crippen LogP contribution in [0.25, 0.3) is 0 Å². The van der Waals surface area contributed by atoms with Gasteiger partial charge < -0.3 is 5.32 Å². The molecule has 0 saturated heterocycles. The Kier molecular flexibility index (Phi) is 6.02. The van der Waals surface area contributed by atoms with Gasteiger partial charge in [-0.2, -0.15) is 5.10 Å². The third-order valence-corrected chi connectivity index (χ3v) is 3.70. The number of carbonyl (C=O) groups is 2. The highest BCUT2D eigenvalue weighted by Gasteiger charge is 2.14. The first-order valence-electron chi connectivity index (χ1n) is 8.16. The normalized spacial score (nSPS) is 11.2. The van der Waals surface area contributed by atoms with E-state index in [1.165, 1.54) is 36.0 Å². The molecular weight excluding hydrogens is 348 g/mol. The van der Waals surface area contributed by atoms with E-state index < -0.39 is 16.7 Å². The van der Waals surface area contributed by atoms with Crippen molar-refractivity contribution >= 4 is 29.4 Å². The largest absolute Gasteiger partial charge is 0.329 e. The predicted molar refractivity (Wildman–Crippen MR) is 103 cm³/mol. The van der Waals surface area contributed by atoms with Crippen molar-refractivity contribution in [1.82, 2.24) is 5.43 Å². The summed E-state index contributed by atoms with van der Waals surface area (Å²) in [5.74, 6) is -1.88. The highest BCUT2D eigenvalue weighted by Crippen LogP contribution is 2.21. The standard InChI is InChI=1S/C19H20N4O4/c1-19(2,3)14-6-4-13(5-7-14)12-20-22-18(25)17(24)21-15-8-10-16(11-9-15)23(26)27/h4-12H,1-3H3,(H,21,24)(H,22,25)/b20-12-. The first kappa shape index (κ1) is 19.8. The van der Waals surface area contributed by atoms with Crippen LogP contribution in [0.2, 0.25) is 0 Å². The molecule has 0 aliphatic heterocycles. The Morgan fingerprint density at radius 1 is 1.00 bits per heavy atom. The second-order valence-electron chi connectivity index (χ2n) is 6.83. The summed E-state index contributed by atoms with van der Waals surface area (Å²) in [6.45, 7) is 6.33. The van der Waals surface area contributed by atoms with Crippen LogP contribution in [0, 0.1) is 10.1 Å². The molecule has 0 saturated carbocycles. The number of nitro benzene ring substituents is 1. The summed E-state index contributed by atoms with van der Waals surface area (Å²) in [5.41, 5.74) is 4.28. The van der Waals surface area contributed by atoms with Crippen molar-refractivity contribution in [1.29, 1.82) is 0 Å². The Morgan fingerprint density at radius 2 is 1.59 bits per heavy atom. The van der Waals surface area contributed by atoms with Gasteiger partial charge in [0.2, 0.25) is 0 Å². The molecule has 0 aliphatic rings. The predicted octanol–water partition coefficient (Wildman–Crippen LogP) is 2.98. The van der Waals surface area contributed by atoms with E-state index >= 15 is 0 Å². The molecule has 2 aromatic carbocycles. The number of hydrazone groups is 1. The van der Waals surface area contributed by atoms with E-state index in [1.807, 2.05) is 24.3 Å². The number of hydrogen-bond acceptors (Lipinski definition) is 5. The quantitative estimate of drug-likeness (QED) is 0.374. The Morgan fingerprint density at radius 3 is 2.11 bits per heavy atom. The lowest BCUT2D eigenvalue weighted by atomic mass is 9.87. The zero-order valence-corrected chi connectivity index (χ0v) is 15.2. The molecule has 0 atom stereocenters. The number of carbonyl (C=O) groups excluding carboxylic acids is 2. The lowest BCUT2D eigenvalue weighted by Crippen LogP contribution is -2.32. The highest BCUT2D eigenvalue weighted by molar-refractivity contribution is 6.39. The number of non-ortho nitro benzene ring substituents is 1. The smallest absolute Gasteiger partial charge is 0.318 e. The summed E-state index contributed by atoms with van der Waals surface area (Å²) < 4.78 is 0. The van der Waals surface area contributed by atoms with Crippen LogP contribution in [0.3, 0.4) is 0 Å². The Hall–Kier alpha value is -3.55. The Bertz CT molecular complexity index is 866. The molecule has 0 radical (unpaired) electrons. The molecule has 0 bridgehead atoms. The number of rotatable bonds is 4. The van der Waals surface area contributed by atoms with E-state index in [1.54, 1.807) is 0 Å². The third-order valence-electron chi connectivity index (χ3n) is 3.70. The molecule has 0 unspecified atom stereocenters. The number of nitrogens with one attached hydrogen (secondary N) is 2. The maximum absolute atomic E-state index is 11.8. The van der Waals surface area contributed by atoms with Crippen LogP contribution in [-0.2, 0) is 15.0 Å². The third kappa shape index (κ3) is 5.74. The topological polar surface area (TPSA) is 114 Å². The molecule has 2 amide bonds. The minimum absolute atomic E-state index is 0.0415. The summed E-state index contributed by atoms with van der Waals surface area (Å²) in [5, 5.41) is 16.7. The molecule has 0 heterocycles. The number of hydrogen-bond donors (Lipinski definition) is 2. The minimum Gasteiger partial charge on any atom is -0.318 e. The Labute approximate surface area is 156 Å². The fraction of sp³-hybridized carbons (Fsp3) is 0.211. The van der Waals surface area contributed by atoms with E-state index in [2.05, 4.69) is 36.6 Å². The van der Waals surface area contributed by atoms with E-state index in [9.17, 15) is 19.7 Å². The van der Waals surface area contributed by atoms with Crippen LogP contribution in [0.1, 0.15) is 31.9 Å². The average molecular weight is 368 g/mol. The molecule has 0 aliphatic carbocycles. The first-order valence-corrected chi connectivity index (χ1v) is 8.16. The molecule has 2 N–H and O–H groups in total. The van der Waals surface area contributed by atoms with Crippen LogP contribution in [0.4, 0.5) is 11.4 Å². The maximum atomic E-state index is 11.8. The van der Waals surface area contributed by atoms with Gasteiger partial charge >= 0.3 is 11.8 Å². The van der Waals surface area contributed by atoms with Gasteiger partial charge in [0.15, 0.2) is 0 Å². The van der Waals surface area contributed by atoms with E-state index in [0.717, 1.165) is 5.56 Å². The fourth-order valence-electron chi connectivity index (χ4n) is 2.14. The van der Waals surface area contributed by atoms with E-state index in [4.69, 9.17) is 0 Å². The molecule has 27 heavy (non-hydrogen) atoms. The Balaban J connectivity index is 1.89. The van der Waals surface area contributed by atoms with Gasteiger partial charge in [-0.3, -0.25) is 19.7 Å². The van der Waals surface area contributed by atoms with Crippen molar-refractivity contribution in [3.63, 3.8) is 0 Å². The number of nitro groups is 1. The summed E-state index contributed by atoms with van der Waals surface area (Å²) in [6, 6.07) is 12.8. The zero-order chi connectivity index (χ0) is 20.0. The first-order chi connectivity index (χ1) is 12.7. The maximum Gasteiger partial charge on any atom is 0.329 e. The fourth-order valence-corrected chi connectivity index (χ4v) is 2.14. The molecule has 140 valence electrons. The molecule has 8 nitrogen and oxygen atoms in total. The van der Waals surface area contributed by atoms with Crippen LogP contribution in [0.15, 0.2) is 53.6 Å². The van der Waals surface area contributed by atoms with Gasteiger partial charge in [-0.05, 0) is 28.7 Å². The van der Waals surface area contributed by atoms with Gasteiger partial charge in [0.05, 0.1) is 11.1 Å². The van der Waals surface area contributed by atoms with Crippen molar-refractivity contribution < 1.29 is 14.5 Å². The summed E-state index contributed by atoms with van der Waals surface area (Å²) in [7, 11) is 0. The summed E-state index contributed by atoms with van der Waals surface area (Å²) in [4.78, 5) is 33.6. The second-order valence-corrected chi connectivity index (χ2v) is 6.83. The van der Waals surface area contributed by atoms with Gasteiger partial charge in [-0.1, -0.05) is 45.0 Å². The molecule has 2 rings (SSSR count).